The molecule has 0 radical (unpaired) electrons. The van der Waals surface area contributed by atoms with Crippen molar-refractivity contribution in [2.75, 3.05) is 36.0 Å². The van der Waals surface area contributed by atoms with Crippen LogP contribution in [0, 0.1) is 0 Å². The molecule has 27 heavy (non-hydrogen) atoms. The summed E-state index contributed by atoms with van der Waals surface area (Å²) >= 11 is 0. The van der Waals surface area contributed by atoms with Gasteiger partial charge in [-0.05, 0) is 24.3 Å². The topological polar surface area (TPSA) is 57.2 Å². The summed E-state index contributed by atoms with van der Waals surface area (Å²) in [5.41, 5.74) is 5.14. The fourth-order valence-electron chi connectivity index (χ4n) is 3.36. The van der Waals surface area contributed by atoms with Crippen LogP contribution in [0.5, 0.6) is 0 Å². The first-order chi connectivity index (χ1) is 13.4. The predicted octanol–water partition coefficient (Wildman–Crippen LogP) is 3.71. The molecule has 2 aromatic carbocycles. The van der Waals surface area contributed by atoms with Gasteiger partial charge in [0.1, 0.15) is 5.69 Å². The minimum absolute atomic E-state index is 0.763. The van der Waals surface area contributed by atoms with Crippen LogP contribution in [-0.2, 0) is 0 Å². The highest BCUT2D eigenvalue weighted by Gasteiger charge is 2.13. The average molecular weight is 357 g/mol. The van der Waals surface area contributed by atoms with Crippen LogP contribution in [-0.4, -0.2) is 44.0 Å². The fourth-order valence-corrected chi connectivity index (χ4v) is 3.36. The number of hydrogen-bond acceptors (Lipinski definition) is 6. The van der Waals surface area contributed by atoms with Crippen molar-refractivity contribution in [2.45, 2.75) is 0 Å². The predicted molar refractivity (Wildman–Crippen MR) is 109 cm³/mol. The number of nitrogens with zero attached hydrogens (tertiary/aromatic N) is 5. The monoisotopic (exact) mass is 357 g/mol. The van der Waals surface area contributed by atoms with Gasteiger partial charge in [0.05, 0.1) is 25.8 Å². The van der Waals surface area contributed by atoms with Gasteiger partial charge in [-0.2, -0.15) is 0 Å². The van der Waals surface area contributed by atoms with Crippen molar-refractivity contribution >= 4 is 24.1 Å². The molecule has 0 bridgehead atoms. The zero-order valence-electron chi connectivity index (χ0n) is 14.8. The second-order valence-corrected chi connectivity index (χ2v) is 6.60. The summed E-state index contributed by atoms with van der Waals surface area (Å²) in [7, 11) is 0. The van der Waals surface area contributed by atoms with E-state index < -0.39 is 0 Å². The molecular weight excluding hydrogens is 338 g/mol. The van der Waals surface area contributed by atoms with Crippen LogP contribution in [0.2, 0.25) is 0 Å². The Labute approximate surface area is 157 Å². The molecule has 0 saturated carbocycles. The van der Waals surface area contributed by atoms with Crippen molar-refractivity contribution < 1.29 is 4.52 Å². The van der Waals surface area contributed by atoms with E-state index in [-0.39, 0.29) is 0 Å². The first-order valence-electron chi connectivity index (χ1n) is 9.08. The van der Waals surface area contributed by atoms with Crippen molar-refractivity contribution in [2.24, 2.45) is 9.98 Å². The van der Waals surface area contributed by atoms with Crippen LogP contribution in [0.1, 0.15) is 0 Å². The van der Waals surface area contributed by atoms with E-state index in [0.29, 0.717) is 0 Å². The van der Waals surface area contributed by atoms with E-state index in [9.17, 15) is 0 Å². The Morgan fingerprint density at radius 3 is 2.19 bits per heavy atom. The lowest BCUT2D eigenvalue weighted by Crippen LogP contribution is -2.17. The Bertz CT molecular complexity index is 1010. The highest BCUT2D eigenvalue weighted by Crippen LogP contribution is 2.29. The third kappa shape index (κ3) is 3.10. The van der Waals surface area contributed by atoms with Crippen molar-refractivity contribution in [3.8, 4) is 22.6 Å². The second-order valence-electron chi connectivity index (χ2n) is 6.60. The Balaban J connectivity index is 1.39. The number of anilines is 2. The molecule has 0 amide bonds. The van der Waals surface area contributed by atoms with Crippen molar-refractivity contribution in [1.29, 1.82) is 0 Å². The number of hydrogen-bond donors (Lipinski definition) is 0. The van der Waals surface area contributed by atoms with Crippen molar-refractivity contribution in [3.63, 3.8) is 0 Å². The summed E-state index contributed by atoms with van der Waals surface area (Å²) in [5, 5.41) is 4.26. The second kappa shape index (κ2) is 6.72. The molecule has 6 heteroatoms. The highest BCUT2D eigenvalue weighted by atomic mass is 16.5. The number of rotatable bonds is 4. The highest BCUT2D eigenvalue weighted by molar-refractivity contribution is 5.83. The first-order valence-corrected chi connectivity index (χ1v) is 9.08. The SMILES string of the molecule is C1=NCCN1c1ccc(-c2cc(-c3cccc(N4C=NCC4)c3)on2)cc1. The number of aliphatic imine (C=N–C) groups is 2. The van der Waals surface area contributed by atoms with E-state index in [1.165, 1.54) is 0 Å². The molecule has 6 nitrogen and oxygen atoms in total. The minimum atomic E-state index is 0.763. The van der Waals surface area contributed by atoms with Crippen LogP contribution in [0.25, 0.3) is 22.6 Å². The summed E-state index contributed by atoms with van der Waals surface area (Å²) in [5.74, 6) is 0.763. The van der Waals surface area contributed by atoms with Crippen LogP contribution < -0.4 is 9.80 Å². The molecule has 0 aliphatic carbocycles. The van der Waals surface area contributed by atoms with Crippen LogP contribution >= 0.6 is 0 Å². The maximum atomic E-state index is 5.62. The zero-order chi connectivity index (χ0) is 18.1. The molecular formula is C21H19N5O. The molecule has 2 aliphatic rings. The van der Waals surface area contributed by atoms with Gasteiger partial charge in [-0.3, -0.25) is 9.98 Å². The van der Waals surface area contributed by atoms with Crippen molar-refractivity contribution in [1.82, 2.24) is 5.16 Å². The number of aromatic nitrogens is 1. The molecule has 2 aliphatic heterocycles. The largest absolute Gasteiger partial charge is 0.356 e. The normalized spacial score (nSPS) is 15.9. The third-order valence-electron chi connectivity index (χ3n) is 4.85. The smallest absolute Gasteiger partial charge is 0.167 e. The molecule has 3 aromatic rings. The third-order valence-corrected chi connectivity index (χ3v) is 4.85. The van der Waals surface area contributed by atoms with Gasteiger partial charge in [0.25, 0.3) is 0 Å². The van der Waals surface area contributed by atoms with E-state index in [1.807, 2.05) is 30.9 Å². The van der Waals surface area contributed by atoms with Gasteiger partial charge in [0, 0.05) is 41.7 Å². The van der Waals surface area contributed by atoms with Crippen LogP contribution in [0.3, 0.4) is 0 Å². The molecule has 5 rings (SSSR count). The lowest BCUT2D eigenvalue weighted by molar-refractivity contribution is 0.435. The van der Waals surface area contributed by atoms with Gasteiger partial charge in [-0.25, -0.2) is 0 Å². The molecule has 3 heterocycles. The van der Waals surface area contributed by atoms with Gasteiger partial charge in [0.15, 0.2) is 5.76 Å². The first kappa shape index (κ1) is 15.8. The maximum absolute atomic E-state index is 5.62. The average Bonchev–Trinajstić information content (AvgIpc) is 3.51. The Hall–Kier alpha value is -3.41. The molecule has 134 valence electrons. The van der Waals surface area contributed by atoms with E-state index in [1.54, 1.807) is 0 Å². The van der Waals surface area contributed by atoms with Gasteiger partial charge < -0.3 is 14.3 Å². The quantitative estimate of drug-likeness (QED) is 0.714. The van der Waals surface area contributed by atoms with E-state index in [4.69, 9.17) is 4.52 Å². The summed E-state index contributed by atoms with van der Waals surface area (Å²) in [6, 6.07) is 18.6. The van der Waals surface area contributed by atoms with Crippen molar-refractivity contribution in [3.05, 3.63) is 54.6 Å². The number of benzene rings is 2. The standard InChI is InChI=1S/C21H19N5O/c1-2-17(12-19(3-1)26-11-9-23-15-26)21-13-20(24-27-21)16-4-6-18(7-5-16)25-10-8-22-14-25/h1-7,12-15H,8-11H2. The molecule has 0 spiro atoms. The Kier molecular flexibility index (Phi) is 3.93. The van der Waals surface area contributed by atoms with Gasteiger partial charge in [0.2, 0.25) is 0 Å². The summed E-state index contributed by atoms with van der Waals surface area (Å²) in [6.45, 7) is 3.55. The lowest BCUT2D eigenvalue weighted by Gasteiger charge is -2.14. The molecule has 0 saturated heterocycles. The van der Waals surface area contributed by atoms with E-state index >= 15 is 0 Å². The summed E-state index contributed by atoms with van der Waals surface area (Å²) in [4.78, 5) is 12.8. The van der Waals surface area contributed by atoms with E-state index in [2.05, 4.69) is 61.3 Å². The Morgan fingerprint density at radius 1 is 0.741 bits per heavy atom. The minimum Gasteiger partial charge on any atom is -0.356 e. The van der Waals surface area contributed by atoms with Gasteiger partial charge in [-0.15, -0.1) is 0 Å². The summed E-state index contributed by atoms with van der Waals surface area (Å²) in [6.07, 6.45) is 3.78. The molecule has 1 aromatic heterocycles. The van der Waals surface area contributed by atoms with Crippen LogP contribution in [0.4, 0.5) is 11.4 Å². The lowest BCUT2D eigenvalue weighted by atomic mass is 10.1. The zero-order valence-corrected chi connectivity index (χ0v) is 14.8. The molecule has 0 atom stereocenters. The Morgan fingerprint density at radius 2 is 1.48 bits per heavy atom. The van der Waals surface area contributed by atoms with E-state index in [0.717, 1.165) is 60.1 Å². The molecule has 0 fully saturated rings. The maximum Gasteiger partial charge on any atom is 0.167 e. The summed E-state index contributed by atoms with van der Waals surface area (Å²) < 4.78 is 5.62. The molecule has 0 unspecified atom stereocenters. The van der Waals surface area contributed by atoms with Crippen LogP contribution in [0.15, 0.2) is 69.1 Å². The molecule has 0 N–H and O–H groups in total. The van der Waals surface area contributed by atoms with Gasteiger partial charge >= 0.3 is 0 Å². The fraction of sp³-hybridized carbons (Fsp3) is 0.190. The van der Waals surface area contributed by atoms with Gasteiger partial charge in [-0.1, -0.05) is 29.4 Å².